The predicted octanol–water partition coefficient (Wildman–Crippen LogP) is 2.03. The maximum atomic E-state index is 11.8. The minimum Gasteiger partial charge on any atom is -0.447 e. The molecule has 0 spiro atoms. The number of Topliss-reactive ketones (excluding diaryl/α,β-unsaturated/α-hetero) is 1. The quantitative estimate of drug-likeness (QED) is 0.415. The predicted molar refractivity (Wildman–Crippen MR) is 59.7 cm³/mol. The maximum absolute atomic E-state index is 11.8. The van der Waals surface area contributed by atoms with Gasteiger partial charge in [-0.05, 0) is 26.2 Å². The van der Waals surface area contributed by atoms with E-state index in [4.69, 9.17) is 4.74 Å². The van der Waals surface area contributed by atoms with Crippen LogP contribution in [0.15, 0.2) is 24.3 Å². The van der Waals surface area contributed by atoms with Crippen LogP contribution in [-0.4, -0.2) is 17.4 Å². The fourth-order valence-corrected chi connectivity index (χ4v) is 2.66. The van der Waals surface area contributed by atoms with Crippen LogP contribution >= 0.6 is 0 Å². The molecule has 16 heavy (non-hydrogen) atoms. The van der Waals surface area contributed by atoms with E-state index in [0.29, 0.717) is 17.9 Å². The summed E-state index contributed by atoms with van der Waals surface area (Å²) < 4.78 is 5.42. The van der Waals surface area contributed by atoms with E-state index in [-0.39, 0.29) is 11.7 Å². The van der Waals surface area contributed by atoms with Gasteiger partial charge in [-0.2, -0.15) is 0 Å². The molecule has 0 aromatic heterocycles. The van der Waals surface area contributed by atoms with Gasteiger partial charge in [0.1, 0.15) is 0 Å². The molecule has 0 radical (unpaired) electrons. The molecule has 3 nitrogen and oxygen atoms in total. The van der Waals surface area contributed by atoms with Crippen molar-refractivity contribution in [3.63, 3.8) is 0 Å². The number of rotatable bonds is 3. The summed E-state index contributed by atoms with van der Waals surface area (Å²) in [6.07, 6.45) is 5.66. The molecule has 2 rings (SSSR count). The zero-order valence-electron chi connectivity index (χ0n) is 9.66. The summed E-state index contributed by atoms with van der Waals surface area (Å²) in [6, 6.07) is 0. The van der Waals surface area contributed by atoms with Crippen LogP contribution < -0.4 is 0 Å². The Labute approximate surface area is 95.2 Å². The van der Waals surface area contributed by atoms with Gasteiger partial charge in [-0.3, -0.25) is 4.79 Å². The van der Waals surface area contributed by atoms with Crippen molar-refractivity contribution in [3.8, 4) is 0 Å². The molecule has 2 bridgehead atoms. The third-order valence-corrected chi connectivity index (χ3v) is 3.56. The molecule has 1 saturated carbocycles. The summed E-state index contributed by atoms with van der Waals surface area (Å²) in [6.45, 7) is 6.64. The van der Waals surface area contributed by atoms with Crippen molar-refractivity contribution in [2.45, 2.75) is 32.3 Å². The van der Waals surface area contributed by atoms with E-state index < -0.39 is 11.6 Å². The van der Waals surface area contributed by atoms with Gasteiger partial charge in [-0.1, -0.05) is 18.7 Å². The van der Waals surface area contributed by atoms with Gasteiger partial charge in [0.25, 0.3) is 0 Å². The molecule has 0 aliphatic heterocycles. The standard InChI is InChI=1S/C13H16O3/c1-8(2)12(15)16-13(9(3)14)7-10-4-5-11(13)6-10/h4-5,10-11H,1,6-7H2,2-3H3/t10-,11+,13-/m1/s1. The lowest BCUT2D eigenvalue weighted by molar-refractivity contribution is -0.166. The van der Waals surface area contributed by atoms with Gasteiger partial charge in [-0.15, -0.1) is 0 Å². The van der Waals surface area contributed by atoms with Gasteiger partial charge in [0.05, 0.1) is 0 Å². The number of esters is 1. The lowest BCUT2D eigenvalue weighted by Crippen LogP contribution is -2.45. The van der Waals surface area contributed by atoms with Gasteiger partial charge in [-0.25, -0.2) is 4.79 Å². The zero-order chi connectivity index (χ0) is 11.9. The largest absolute Gasteiger partial charge is 0.447 e. The highest BCUT2D eigenvalue weighted by molar-refractivity contribution is 5.93. The van der Waals surface area contributed by atoms with E-state index in [2.05, 4.69) is 12.7 Å². The number of ether oxygens (including phenoxy) is 1. The molecule has 3 heteroatoms. The normalized spacial score (nSPS) is 35.1. The van der Waals surface area contributed by atoms with E-state index in [1.807, 2.05) is 6.08 Å². The van der Waals surface area contributed by atoms with E-state index in [0.717, 1.165) is 6.42 Å². The number of ketones is 1. The molecule has 86 valence electrons. The van der Waals surface area contributed by atoms with E-state index in [1.54, 1.807) is 6.92 Å². The third kappa shape index (κ3) is 1.51. The number of hydrogen-bond donors (Lipinski definition) is 0. The van der Waals surface area contributed by atoms with Crippen molar-refractivity contribution in [1.29, 1.82) is 0 Å². The van der Waals surface area contributed by atoms with Crippen LogP contribution in [0.2, 0.25) is 0 Å². The van der Waals surface area contributed by atoms with Crippen molar-refractivity contribution in [3.05, 3.63) is 24.3 Å². The van der Waals surface area contributed by atoms with Crippen LogP contribution in [0.1, 0.15) is 26.7 Å². The van der Waals surface area contributed by atoms with Gasteiger partial charge < -0.3 is 4.74 Å². The van der Waals surface area contributed by atoms with E-state index >= 15 is 0 Å². The number of allylic oxidation sites excluding steroid dienone is 1. The second kappa shape index (κ2) is 3.58. The Kier molecular flexibility index (Phi) is 2.49. The second-order valence-electron chi connectivity index (χ2n) is 4.81. The molecule has 0 saturated heterocycles. The Hall–Kier alpha value is -1.38. The highest BCUT2D eigenvalue weighted by Gasteiger charge is 2.54. The van der Waals surface area contributed by atoms with Gasteiger partial charge in [0.2, 0.25) is 0 Å². The SMILES string of the molecule is C=C(C)C(=O)O[C@@]1(C(C)=O)C[C@@H]2C=C[C@H]1C2. The van der Waals surface area contributed by atoms with Crippen LogP contribution in [0, 0.1) is 11.8 Å². The van der Waals surface area contributed by atoms with E-state index in [9.17, 15) is 9.59 Å². The summed E-state index contributed by atoms with van der Waals surface area (Å²) in [7, 11) is 0. The van der Waals surface area contributed by atoms with Gasteiger partial charge >= 0.3 is 5.97 Å². The second-order valence-corrected chi connectivity index (χ2v) is 4.81. The minimum absolute atomic E-state index is 0.0540. The molecule has 0 aromatic rings. The molecule has 2 aliphatic carbocycles. The zero-order valence-corrected chi connectivity index (χ0v) is 9.66. The first-order valence-corrected chi connectivity index (χ1v) is 5.54. The Bertz CT molecular complexity index is 394. The first-order valence-electron chi connectivity index (χ1n) is 5.54. The van der Waals surface area contributed by atoms with Crippen molar-refractivity contribution in [1.82, 2.24) is 0 Å². The average molecular weight is 220 g/mol. The Balaban J connectivity index is 2.25. The van der Waals surface area contributed by atoms with Crippen molar-refractivity contribution in [2.75, 3.05) is 0 Å². The van der Waals surface area contributed by atoms with Gasteiger partial charge in [0.15, 0.2) is 11.4 Å². The molecule has 2 aliphatic rings. The monoisotopic (exact) mass is 220 g/mol. The van der Waals surface area contributed by atoms with Crippen LogP contribution in [0.4, 0.5) is 0 Å². The first kappa shape index (κ1) is 11.1. The molecular weight excluding hydrogens is 204 g/mol. The van der Waals surface area contributed by atoms with Crippen LogP contribution in [0.3, 0.4) is 0 Å². The van der Waals surface area contributed by atoms with Crippen LogP contribution in [0.5, 0.6) is 0 Å². The van der Waals surface area contributed by atoms with Crippen molar-refractivity contribution < 1.29 is 14.3 Å². The Morgan fingerprint density at radius 3 is 2.44 bits per heavy atom. The first-order chi connectivity index (χ1) is 7.45. The smallest absolute Gasteiger partial charge is 0.334 e. The summed E-state index contributed by atoms with van der Waals surface area (Å²) in [5.41, 5.74) is -0.581. The highest BCUT2D eigenvalue weighted by atomic mass is 16.6. The fourth-order valence-electron chi connectivity index (χ4n) is 2.66. The highest BCUT2D eigenvalue weighted by Crippen LogP contribution is 2.49. The lowest BCUT2D eigenvalue weighted by Gasteiger charge is -2.32. The number of hydrogen-bond acceptors (Lipinski definition) is 3. The number of carbonyl (C=O) groups excluding carboxylic acids is 2. The summed E-state index contributed by atoms with van der Waals surface area (Å²) in [4.78, 5) is 23.4. The summed E-state index contributed by atoms with van der Waals surface area (Å²) >= 11 is 0. The lowest BCUT2D eigenvalue weighted by atomic mass is 9.84. The fraction of sp³-hybridized carbons (Fsp3) is 0.538. The molecule has 3 atom stereocenters. The number of carbonyl (C=O) groups is 2. The molecule has 0 amide bonds. The number of fused-ring (bicyclic) bond motifs is 2. The topological polar surface area (TPSA) is 43.4 Å². The maximum Gasteiger partial charge on any atom is 0.334 e. The van der Waals surface area contributed by atoms with Gasteiger partial charge in [0, 0.05) is 17.9 Å². The molecule has 0 aromatic carbocycles. The van der Waals surface area contributed by atoms with Crippen molar-refractivity contribution in [2.24, 2.45) is 11.8 Å². The van der Waals surface area contributed by atoms with Crippen LogP contribution in [0.25, 0.3) is 0 Å². The third-order valence-electron chi connectivity index (χ3n) is 3.56. The Morgan fingerprint density at radius 1 is 1.38 bits per heavy atom. The molecule has 0 unspecified atom stereocenters. The average Bonchev–Trinajstić information content (AvgIpc) is 2.77. The molecule has 0 N–H and O–H groups in total. The summed E-state index contributed by atoms with van der Waals surface area (Å²) in [5.74, 6) is -0.0831. The molecule has 1 fully saturated rings. The minimum atomic E-state index is -0.921. The Morgan fingerprint density at radius 2 is 2.06 bits per heavy atom. The summed E-state index contributed by atoms with van der Waals surface area (Å²) in [5, 5.41) is 0. The molecule has 0 heterocycles. The van der Waals surface area contributed by atoms with Crippen molar-refractivity contribution >= 4 is 11.8 Å². The van der Waals surface area contributed by atoms with Crippen LogP contribution in [-0.2, 0) is 14.3 Å². The molecular formula is C13H16O3. The van der Waals surface area contributed by atoms with E-state index in [1.165, 1.54) is 6.92 Å².